The van der Waals surface area contributed by atoms with Gasteiger partial charge in [-0.1, -0.05) is 55.5 Å². The molecule has 1 N–H and O–H groups in total. The summed E-state index contributed by atoms with van der Waals surface area (Å²) in [6.45, 7) is 4.14. The van der Waals surface area contributed by atoms with Gasteiger partial charge in [0.05, 0.1) is 5.75 Å². The molecule has 0 saturated carbocycles. The minimum atomic E-state index is 0.0694. The minimum Gasteiger partial charge on any atom is -0.325 e. The molecule has 0 bridgehead atoms. The number of aryl methyl sites for hydroxylation is 2. The van der Waals surface area contributed by atoms with E-state index in [0.717, 1.165) is 23.4 Å². The van der Waals surface area contributed by atoms with E-state index in [9.17, 15) is 4.79 Å². The highest BCUT2D eigenvalue weighted by Crippen LogP contribution is 2.21. The lowest BCUT2D eigenvalue weighted by Crippen LogP contribution is -2.16. The zero-order chi connectivity index (χ0) is 15.1. The number of thioether (sulfide) groups is 1. The van der Waals surface area contributed by atoms with Gasteiger partial charge in [-0.2, -0.15) is 0 Å². The number of carbonyl (C=O) groups excluding carboxylic acids is 1. The molecule has 110 valence electrons. The normalized spacial score (nSPS) is 10.4. The summed E-state index contributed by atoms with van der Waals surface area (Å²) in [4.78, 5) is 12.1. The van der Waals surface area contributed by atoms with E-state index in [-0.39, 0.29) is 5.91 Å². The van der Waals surface area contributed by atoms with Crippen LogP contribution in [0.2, 0.25) is 0 Å². The van der Waals surface area contributed by atoms with Crippen molar-refractivity contribution < 1.29 is 4.79 Å². The van der Waals surface area contributed by atoms with Crippen LogP contribution in [0.25, 0.3) is 0 Å². The van der Waals surface area contributed by atoms with Crippen LogP contribution in [0.3, 0.4) is 0 Å². The van der Waals surface area contributed by atoms with Gasteiger partial charge >= 0.3 is 0 Å². The van der Waals surface area contributed by atoms with Gasteiger partial charge in [-0.15, -0.1) is 11.8 Å². The van der Waals surface area contributed by atoms with Gasteiger partial charge in [0.1, 0.15) is 0 Å². The largest absolute Gasteiger partial charge is 0.325 e. The molecule has 0 aromatic heterocycles. The minimum absolute atomic E-state index is 0.0694. The Labute approximate surface area is 131 Å². The smallest absolute Gasteiger partial charge is 0.234 e. The molecule has 21 heavy (non-hydrogen) atoms. The number of anilines is 1. The average Bonchev–Trinajstić information content (AvgIpc) is 2.50. The Balaban J connectivity index is 1.88. The van der Waals surface area contributed by atoms with Crippen LogP contribution in [0.1, 0.15) is 23.6 Å². The number of hydrogen-bond acceptors (Lipinski definition) is 2. The van der Waals surface area contributed by atoms with Crippen LogP contribution in [0.5, 0.6) is 0 Å². The fourth-order valence-electron chi connectivity index (χ4n) is 2.21. The SMILES string of the molecule is CCc1cccc(C)c1NC(=O)CSCc1ccccc1. The molecule has 2 nitrogen and oxygen atoms in total. The fourth-order valence-corrected chi connectivity index (χ4v) is 3.00. The van der Waals surface area contributed by atoms with E-state index in [4.69, 9.17) is 0 Å². The Bertz CT molecular complexity index is 595. The summed E-state index contributed by atoms with van der Waals surface area (Å²) in [5.41, 5.74) is 4.54. The number of rotatable bonds is 6. The maximum absolute atomic E-state index is 12.1. The third-order valence-electron chi connectivity index (χ3n) is 3.35. The van der Waals surface area contributed by atoms with Crippen LogP contribution >= 0.6 is 11.8 Å². The third-order valence-corrected chi connectivity index (χ3v) is 4.35. The summed E-state index contributed by atoms with van der Waals surface area (Å²) in [6, 6.07) is 16.4. The van der Waals surface area contributed by atoms with Crippen molar-refractivity contribution in [2.24, 2.45) is 0 Å². The first-order valence-corrected chi connectivity index (χ1v) is 8.36. The van der Waals surface area contributed by atoms with Crippen LogP contribution in [-0.4, -0.2) is 11.7 Å². The van der Waals surface area contributed by atoms with Crippen molar-refractivity contribution >= 4 is 23.4 Å². The molecule has 0 heterocycles. The molecule has 3 heteroatoms. The van der Waals surface area contributed by atoms with Crippen molar-refractivity contribution in [3.8, 4) is 0 Å². The van der Waals surface area contributed by atoms with E-state index in [1.165, 1.54) is 11.1 Å². The number of carbonyl (C=O) groups is 1. The van der Waals surface area contributed by atoms with E-state index >= 15 is 0 Å². The van der Waals surface area contributed by atoms with Gasteiger partial charge in [0, 0.05) is 11.4 Å². The third kappa shape index (κ3) is 4.64. The maximum atomic E-state index is 12.1. The van der Waals surface area contributed by atoms with Crippen molar-refractivity contribution in [2.45, 2.75) is 26.0 Å². The first-order valence-electron chi connectivity index (χ1n) is 7.20. The quantitative estimate of drug-likeness (QED) is 0.855. The summed E-state index contributed by atoms with van der Waals surface area (Å²) in [7, 11) is 0. The fraction of sp³-hybridized carbons (Fsp3) is 0.278. The number of amides is 1. The summed E-state index contributed by atoms with van der Waals surface area (Å²) in [5.74, 6) is 1.41. The topological polar surface area (TPSA) is 29.1 Å². The lowest BCUT2D eigenvalue weighted by atomic mass is 10.1. The number of hydrogen-bond donors (Lipinski definition) is 1. The predicted molar refractivity (Wildman–Crippen MR) is 91.8 cm³/mol. The molecule has 2 aromatic rings. The van der Waals surface area contributed by atoms with Crippen LogP contribution in [0.15, 0.2) is 48.5 Å². The predicted octanol–water partition coefficient (Wildman–Crippen LogP) is 4.43. The van der Waals surface area contributed by atoms with E-state index in [1.807, 2.05) is 37.3 Å². The molecule has 0 spiro atoms. The standard InChI is InChI=1S/C18H21NOS/c1-3-16-11-7-8-14(2)18(16)19-17(20)13-21-12-15-9-5-4-6-10-15/h4-11H,3,12-13H2,1-2H3,(H,19,20). The molecule has 0 aliphatic rings. The Kier molecular flexibility index (Phi) is 5.88. The molecular weight excluding hydrogens is 278 g/mol. The highest BCUT2D eigenvalue weighted by molar-refractivity contribution is 7.99. The summed E-state index contributed by atoms with van der Waals surface area (Å²) >= 11 is 1.64. The monoisotopic (exact) mass is 299 g/mol. The van der Waals surface area contributed by atoms with Crippen LogP contribution < -0.4 is 5.32 Å². The van der Waals surface area contributed by atoms with Gasteiger partial charge in [0.25, 0.3) is 0 Å². The van der Waals surface area contributed by atoms with Crippen LogP contribution in [0.4, 0.5) is 5.69 Å². The second-order valence-corrected chi connectivity index (χ2v) is 5.97. The van der Waals surface area contributed by atoms with Crippen molar-refractivity contribution in [1.82, 2.24) is 0 Å². The van der Waals surface area contributed by atoms with Gasteiger partial charge in [-0.05, 0) is 30.0 Å². The highest BCUT2D eigenvalue weighted by Gasteiger charge is 2.08. The second kappa shape index (κ2) is 7.89. The van der Waals surface area contributed by atoms with Gasteiger partial charge in [0.15, 0.2) is 0 Å². The van der Waals surface area contributed by atoms with Crippen molar-refractivity contribution in [2.75, 3.05) is 11.1 Å². The number of nitrogens with one attached hydrogen (secondary N) is 1. The molecule has 0 fully saturated rings. The van der Waals surface area contributed by atoms with Gasteiger partial charge in [0.2, 0.25) is 5.91 Å². The van der Waals surface area contributed by atoms with Gasteiger partial charge in [-0.25, -0.2) is 0 Å². The lowest BCUT2D eigenvalue weighted by Gasteiger charge is -2.12. The second-order valence-electron chi connectivity index (χ2n) is 4.99. The summed E-state index contributed by atoms with van der Waals surface area (Å²) in [5, 5.41) is 3.06. The molecule has 0 aliphatic heterocycles. The molecular formula is C18H21NOS. The highest BCUT2D eigenvalue weighted by atomic mass is 32.2. The molecule has 2 aromatic carbocycles. The van der Waals surface area contributed by atoms with Crippen molar-refractivity contribution in [3.05, 3.63) is 65.2 Å². The van der Waals surface area contributed by atoms with E-state index in [1.54, 1.807) is 11.8 Å². The zero-order valence-electron chi connectivity index (χ0n) is 12.6. The van der Waals surface area contributed by atoms with Crippen LogP contribution in [0, 0.1) is 6.92 Å². The summed E-state index contributed by atoms with van der Waals surface area (Å²) in [6.07, 6.45) is 0.925. The molecule has 2 rings (SSSR count). The van der Waals surface area contributed by atoms with Crippen LogP contribution in [-0.2, 0) is 17.0 Å². The molecule has 0 unspecified atom stereocenters. The van der Waals surface area contributed by atoms with Gasteiger partial charge < -0.3 is 5.32 Å². The average molecular weight is 299 g/mol. The van der Waals surface area contributed by atoms with E-state index < -0.39 is 0 Å². The molecule has 0 saturated heterocycles. The van der Waals surface area contributed by atoms with Crippen molar-refractivity contribution in [3.63, 3.8) is 0 Å². The Morgan fingerprint density at radius 2 is 1.86 bits per heavy atom. The first-order chi connectivity index (χ1) is 10.2. The molecule has 0 aliphatic carbocycles. The Hall–Kier alpha value is -1.74. The molecule has 0 radical (unpaired) electrons. The lowest BCUT2D eigenvalue weighted by molar-refractivity contribution is -0.113. The molecule has 1 amide bonds. The van der Waals surface area contributed by atoms with E-state index in [0.29, 0.717) is 5.75 Å². The Morgan fingerprint density at radius 3 is 2.57 bits per heavy atom. The molecule has 0 atom stereocenters. The van der Waals surface area contributed by atoms with E-state index in [2.05, 4.69) is 30.4 Å². The summed E-state index contributed by atoms with van der Waals surface area (Å²) < 4.78 is 0. The zero-order valence-corrected chi connectivity index (χ0v) is 13.4. The Morgan fingerprint density at radius 1 is 1.10 bits per heavy atom. The van der Waals surface area contributed by atoms with Crippen molar-refractivity contribution in [1.29, 1.82) is 0 Å². The number of benzene rings is 2. The number of para-hydroxylation sites is 1. The first kappa shape index (κ1) is 15.6. The van der Waals surface area contributed by atoms with Gasteiger partial charge in [-0.3, -0.25) is 4.79 Å². The maximum Gasteiger partial charge on any atom is 0.234 e.